The van der Waals surface area contributed by atoms with Crippen molar-refractivity contribution in [1.82, 2.24) is 0 Å². The molecule has 4 atom stereocenters. The third kappa shape index (κ3) is 6.42. The zero-order valence-corrected chi connectivity index (χ0v) is 11.3. The molecule has 0 saturated carbocycles. The second kappa shape index (κ2) is 7.14. The van der Waals surface area contributed by atoms with Crippen LogP contribution >= 0.6 is 23.2 Å². The van der Waals surface area contributed by atoms with E-state index in [1.165, 1.54) is 0 Å². The molecule has 0 saturated heterocycles. The van der Waals surface area contributed by atoms with Crippen LogP contribution in [0.15, 0.2) is 0 Å². The molecule has 0 aliphatic heterocycles. The Balaban J connectivity index is 4.03. The molecule has 9 heteroatoms. The maximum atomic E-state index is 13.2. The zero-order valence-electron chi connectivity index (χ0n) is 9.82. The van der Waals surface area contributed by atoms with Crippen molar-refractivity contribution in [3.8, 4) is 0 Å². The van der Waals surface area contributed by atoms with E-state index in [1.807, 2.05) is 0 Å². The van der Waals surface area contributed by atoms with Crippen molar-refractivity contribution < 1.29 is 33.6 Å². The van der Waals surface area contributed by atoms with Gasteiger partial charge in [-0.1, -0.05) is 0 Å². The predicted octanol–water partition coefficient (Wildman–Crippen LogP) is 0.866. The minimum atomic E-state index is -2.86. The molecule has 0 aromatic rings. The number of alkyl halides is 4. The Bertz CT molecular complexity index is 227. The Hall–Kier alpha value is 0.240. The summed E-state index contributed by atoms with van der Waals surface area (Å²) >= 11 is 10.2. The topological polar surface area (TPSA) is 79.2 Å². The van der Waals surface area contributed by atoms with Crippen molar-refractivity contribution in [2.24, 2.45) is 0 Å². The normalized spacial score (nSPS) is 23.8. The van der Waals surface area contributed by atoms with E-state index in [9.17, 15) is 13.9 Å². The van der Waals surface area contributed by atoms with Gasteiger partial charge in [0.15, 0.2) is 0 Å². The van der Waals surface area contributed by atoms with Crippen LogP contribution in [0.25, 0.3) is 0 Å². The monoisotopic (exact) mass is 312 g/mol. The Labute approximate surface area is 113 Å². The molecule has 0 radical (unpaired) electrons. The molecule has 110 valence electrons. The number of aliphatic hydroxyl groups excluding tert-OH is 3. The minimum Gasteiger partial charge on any atom is -0.388 e. The second-order valence-electron chi connectivity index (χ2n) is 3.75. The van der Waals surface area contributed by atoms with Gasteiger partial charge in [0.05, 0.1) is 13.2 Å². The number of ether oxygens (including phenoxy) is 2. The first-order valence-corrected chi connectivity index (χ1v) is 5.82. The first kappa shape index (κ1) is 18.2. The molecule has 0 aromatic heterocycles. The molecular weight excluding hydrogens is 297 g/mol. The maximum absolute atomic E-state index is 13.2. The van der Waals surface area contributed by atoms with Crippen LogP contribution in [-0.4, -0.2) is 57.5 Å². The van der Waals surface area contributed by atoms with Crippen molar-refractivity contribution in [2.45, 2.75) is 42.8 Å². The lowest BCUT2D eigenvalue weighted by atomic mass is 10.3. The lowest BCUT2D eigenvalue weighted by molar-refractivity contribution is -0.186. The summed E-state index contributed by atoms with van der Waals surface area (Å²) < 4.78 is 35.1. The number of aliphatic hydroxyl groups is 3. The summed E-state index contributed by atoms with van der Waals surface area (Å²) in [4.78, 5) is 0. The van der Waals surface area contributed by atoms with Gasteiger partial charge >= 0.3 is 10.6 Å². The van der Waals surface area contributed by atoms with Crippen LogP contribution < -0.4 is 0 Å². The average Bonchev–Trinajstić information content (AvgIpc) is 2.23. The molecule has 0 aliphatic carbocycles. The van der Waals surface area contributed by atoms with Crippen molar-refractivity contribution in [3.63, 3.8) is 0 Å². The van der Waals surface area contributed by atoms with Gasteiger partial charge in [-0.25, -0.2) is 0 Å². The summed E-state index contributed by atoms with van der Waals surface area (Å²) in [5.74, 6) is 0. The summed E-state index contributed by atoms with van der Waals surface area (Å²) in [5, 5.41) is 21.3. The standard InChI is InChI=1S/C9H16Cl2F2O5/c1-5(14)8(10,12)17-3-7(16)4-18-9(11,13)6(2)15/h5-7,14-16H,3-4H2,1-2H3. The van der Waals surface area contributed by atoms with Gasteiger partial charge in [0.1, 0.15) is 18.3 Å². The van der Waals surface area contributed by atoms with Crippen molar-refractivity contribution >= 4 is 23.2 Å². The molecule has 3 N–H and O–H groups in total. The number of halogens is 4. The van der Waals surface area contributed by atoms with Gasteiger partial charge in [0.2, 0.25) is 0 Å². The largest absolute Gasteiger partial charge is 0.388 e. The fourth-order valence-electron chi connectivity index (χ4n) is 0.704. The zero-order chi connectivity index (χ0) is 14.6. The van der Waals surface area contributed by atoms with E-state index in [2.05, 4.69) is 9.47 Å². The van der Waals surface area contributed by atoms with Crippen LogP contribution in [0.4, 0.5) is 8.78 Å². The number of hydrogen-bond donors (Lipinski definition) is 3. The van der Waals surface area contributed by atoms with Crippen LogP contribution in [-0.2, 0) is 9.47 Å². The van der Waals surface area contributed by atoms with Crippen molar-refractivity contribution in [1.29, 1.82) is 0 Å². The molecule has 18 heavy (non-hydrogen) atoms. The van der Waals surface area contributed by atoms with E-state index in [4.69, 9.17) is 33.4 Å². The third-order valence-electron chi connectivity index (χ3n) is 1.91. The first-order chi connectivity index (χ1) is 7.99. The number of hydrogen-bond acceptors (Lipinski definition) is 5. The summed E-state index contributed by atoms with van der Waals surface area (Å²) in [6, 6.07) is 0. The molecule has 0 aromatic carbocycles. The van der Waals surface area contributed by atoms with Crippen LogP contribution in [0.2, 0.25) is 0 Å². The molecule has 5 nitrogen and oxygen atoms in total. The van der Waals surface area contributed by atoms with Crippen LogP contribution in [0, 0.1) is 0 Å². The van der Waals surface area contributed by atoms with Gasteiger partial charge in [-0.3, -0.25) is 0 Å². The molecule has 0 fully saturated rings. The smallest absolute Gasteiger partial charge is 0.312 e. The quantitative estimate of drug-likeness (QED) is 0.580. The van der Waals surface area contributed by atoms with E-state index in [0.717, 1.165) is 13.8 Å². The van der Waals surface area contributed by atoms with Crippen LogP contribution in [0.3, 0.4) is 0 Å². The van der Waals surface area contributed by atoms with E-state index < -0.39 is 42.2 Å². The average molecular weight is 313 g/mol. The fraction of sp³-hybridized carbons (Fsp3) is 1.00. The van der Waals surface area contributed by atoms with Gasteiger partial charge in [-0.2, -0.15) is 8.78 Å². The van der Waals surface area contributed by atoms with E-state index in [-0.39, 0.29) is 0 Å². The van der Waals surface area contributed by atoms with E-state index in [1.54, 1.807) is 0 Å². The molecular formula is C9H16Cl2F2O5. The van der Waals surface area contributed by atoms with Gasteiger partial charge in [0, 0.05) is 0 Å². The Morgan fingerprint density at radius 2 is 1.22 bits per heavy atom. The van der Waals surface area contributed by atoms with Crippen molar-refractivity contribution in [3.05, 3.63) is 0 Å². The highest BCUT2D eigenvalue weighted by molar-refractivity contribution is 6.22. The van der Waals surface area contributed by atoms with Crippen LogP contribution in [0.1, 0.15) is 13.8 Å². The summed E-state index contributed by atoms with van der Waals surface area (Å²) in [5.41, 5.74) is 0. The van der Waals surface area contributed by atoms with Gasteiger partial charge < -0.3 is 24.8 Å². The third-order valence-corrected chi connectivity index (χ3v) is 2.76. The Kier molecular flexibility index (Phi) is 7.23. The molecule has 0 amide bonds. The first-order valence-electron chi connectivity index (χ1n) is 5.06. The molecule has 0 bridgehead atoms. The highest BCUT2D eigenvalue weighted by Crippen LogP contribution is 2.25. The molecule has 0 rings (SSSR count). The van der Waals surface area contributed by atoms with Crippen molar-refractivity contribution in [2.75, 3.05) is 13.2 Å². The highest BCUT2D eigenvalue weighted by atomic mass is 35.5. The lowest BCUT2D eigenvalue weighted by Crippen LogP contribution is -2.39. The molecule has 0 aliphatic rings. The second-order valence-corrected chi connectivity index (χ2v) is 4.78. The Morgan fingerprint density at radius 1 is 0.944 bits per heavy atom. The van der Waals surface area contributed by atoms with Gasteiger partial charge in [-0.05, 0) is 37.0 Å². The predicted molar refractivity (Wildman–Crippen MR) is 60.7 cm³/mol. The molecule has 0 spiro atoms. The van der Waals surface area contributed by atoms with Gasteiger partial charge in [-0.15, -0.1) is 0 Å². The van der Waals surface area contributed by atoms with E-state index in [0.29, 0.717) is 0 Å². The van der Waals surface area contributed by atoms with Crippen LogP contribution in [0.5, 0.6) is 0 Å². The lowest BCUT2D eigenvalue weighted by Gasteiger charge is -2.25. The van der Waals surface area contributed by atoms with E-state index >= 15 is 0 Å². The molecule has 4 unspecified atom stereocenters. The number of rotatable bonds is 8. The summed E-state index contributed by atoms with van der Waals surface area (Å²) in [7, 11) is 0. The fourth-order valence-corrected chi connectivity index (χ4v) is 0.830. The Morgan fingerprint density at radius 3 is 1.44 bits per heavy atom. The minimum absolute atomic E-state index is 0.655. The maximum Gasteiger partial charge on any atom is 0.312 e. The SMILES string of the molecule is CC(O)C(F)(Cl)OCC(O)COC(F)(Cl)C(C)O. The van der Waals surface area contributed by atoms with Gasteiger partial charge in [0.25, 0.3) is 0 Å². The summed E-state index contributed by atoms with van der Waals surface area (Å²) in [6.45, 7) is 0.790. The summed E-state index contributed by atoms with van der Waals surface area (Å²) in [6.07, 6.45) is -4.69. The molecule has 0 heterocycles. The highest BCUT2D eigenvalue weighted by Gasteiger charge is 2.36.